The van der Waals surface area contributed by atoms with E-state index in [4.69, 9.17) is 0 Å². The number of aliphatic hydroxyl groups is 1. The molecule has 1 aromatic heterocycles. The molecule has 1 aliphatic rings. The van der Waals surface area contributed by atoms with Gasteiger partial charge in [0.2, 0.25) is 0 Å². The molecular formula is C11H18N2OS. The summed E-state index contributed by atoms with van der Waals surface area (Å²) in [6.45, 7) is 2.10. The third kappa shape index (κ3) is 3.00. The van der Waals surface area contributed by atoms with Crippen LogP contribution in [0.4, 0.5) is 0 Å². The summed E-state index contributed by atoms with van der Waals surface area (Å²) in [6, 6.07) is 0. The number of hydrogen-bond donors (Lipinski definition) is 1. The van der Waals surface area contributed by atoms with Gasteiger partial charge in [0.1, 0.15) is 0 Å². The lowest BCUT2D eigenvalue weighted by molar-refractivity contribution is 0.0270. The molecule has 84 valence electrons. The minimum atomic E-state index is -0.503. The van der Waals surface area contributed by atoms with Gasteiger partial charge < -0.3 is 10.0 Å². The number of hydrogen-bond acceptors (Lipinski definition) is 4. The normalized spacial score (nSPS) is 28.9. The molecule has 0 aromatic carbocycles. The van der Waals surface area contributed by atoms with Crippen molar-refractivity contribution < 1.29 is 5.11 Å². The van der Waals surface area contributed by atoms with Gasteiger partial charge in [0.25, 0.3) is 0 Å². The van der Waals surface area contributed by atoms with Crippen molar-refractivity contribution in [2.24, 2.45) is 0 Å². The first-order valence-electron chi connectivity index (χ1n) is 5.46. The summed E-state index contributed by atoms with van der Waals surface area (Å²) in [6.07, 6.45) is 5.52. The predicted molar refractivity (Wildman–Crippen MR) is 62.1 cm³/mol. The highest BCUT2D eigenvalue weighted by atomic mass is 32.1. The maximum atomic E-state index is 10.5. The lowest BCUT2D eigenvalue weighted by atomic mass is 9.91. The van der Waals surface area contributed by atoms with Crippen molar-refractivity contribution in [3.63, 3.8) is 0 Å². The predicted octanol–water partition coefficient (Wildman–Crippen LogP) is 1.53. The van der Waals surface area contributed by atoms with E-state index in [1.807, 2.05) is 11.7 Å². The fraction of sp³-hybridized carbons (Fsp3) is 0.727. The average Bonchev–Trinajstić information content (AvgIpc) is 2.61. The number of aromatic nitrogens is 1. The van der Waals surface area contributed by atoms with Gasteiger partial charge in [-0.15, -0.1) is 11.3 Å². The summed E-state index contributed by atoms with van der Waals surface area (Å²) >= 11 is 1.64. The van der Waals surface area contributed by atoms with Crippen LogP contribution in [-0.4, -0.2) is 40.7 Å². The third-order valence-corrected chi connectivity index (χ3v) is 3.91. The van der Waals surface area contributed by atoms with Crippen molar-refractivity contribution >= 4 is 11.3 Å². The van der Waals surface area contributed by atoms with Crippen molar-refractivity contribution in [3.05, 3.63) is 16.6 Å². The Kier molecular flexibility index (Phi) is 3.38. The minimum absolute atomic E-state index is 0.503. The van der Waals surface area contributed by atoms with Crippen LogP contribution in [0.15, 0.2) is 11.7 Å². The van der Waals surface area contributed by atoms with Crippen molar-refractivity contribution in [1.82, 2.24) is 9.88 Å². The quantitative estimate of drug-likeness (QED) is 0.831. The van der Waals surface area contributed by atoms with E-state index >= 15 is 0 Å². The van der Waals surface area contributed by atoms with Crippen LogP contribution in [0.2, 0.25) is 0 Å². The van der Waals surface area contributed by atoms with Gasteiger partial charge in [-0.2, -0.15) is 0 Å². The zero-order valence-corrected chi connectivity index (χ0v) is 9.96. The monoisotopic (exact) mass is 226 g/mol. The molecule has 1 saturated heterocycles. The van der Waals surface area contributed by atoms with E-state index in [-0.39, 0.29) is 0 Å². The number of nitrogens with zero attached hydrogens (tertiary/aromatic N) is 2. The summed E-state index contributed by atoms with van der Waals surface area (Å²) in [5.74, 6) is 0. The van der Waals surface area contributed by atoms with E-state index in [1.54, 1.807) is 11.3 Å². The Bertz CT molecular complexity index is 302. The number of likely N-dealkylation sites (tertiary alicyclic amines) is 1. The van der Waals surface area contributed by atoms with Gasteiger partial charge in [0.05, 0.1) is 11.1 Å². The second-order valence-corrected chi connectivity index (χ2v) is 5.50. The standard InChI is InChI=1S/C11H18N2OS/c1-13-5-2-3-11(14,4-6-13)7-10-8-12-9-15-10/h8-9,14H,2-7H2,1H3. The Morgan fingerprint density at radius 1 is 1.53 bits per heavy atom. The van der Waals surface area contributed by atoms with Gasteiger partial charge >= 0.3 is 0 Å². The van der Waals surface area contributed by atoms with Gasteiger partial charge in [-0.25, -0.2) is 0 Å². The second kappa shape index (κ2) is 4.60. The molecule has 4 heteroatoms. The maximum Gasteiger partial charge on any atom is 0.0794 e. The summed E-state index contributed by atoms with van der Waals surface area (Å²) in [7, 11) is 2.12. The second-order valence-electron chi connectivity index (χ2n) is 4.53. The molecule has 1 fully saturated rings. The average molecular weight is 226 g/mol. The molecule has 1 atom stereocenters. The summed E-state index contributed by atoms with van der Waals surface area (Å²) in [5, 5.41) is 10.5. The van der Waals surface area contributed by atoms with Crippen LogP contribution < -0.4 is 0 Å². The molecule has 1 unspecified atom stereocenters. The van der Waals surface area contributed by atoms with E-state index < -0.39 is 5.60 Å². The van der Waals surface area contributed by atoms with Crippen LogP contribution in [-0.2, 0) is 6.42 Å². The lowest BCUT2D eigenvalue weighted by Crippen LogP contribution is -2.32. The summed E-state index contributed by atoms with van der Waals surface area (Å²) < 4.78 is 0. The largest absolute Gasteiger partial charge is 0.389 e. The van der Waals surface area contributed by atoms with Crippen molar-refractivity contribution in [3.8, 4) is 0 Å². The molecule has 1 N–H and O–H groups in total. The Balaban J connectivity index is 1.99. The van der Waals surface area contributed by atoms with Crippen LogP contribution in [0.25, 0.3) is 0 Å². The van der Waals surface area contributed by atoms with E-state index in [9.17, 15) is 5.11 Å². The molecule has 0 bridgehead atoms. The Morgan fingerprint density at radius 3 is 3.13 bits per heavy atom. The van der Waals surface area contributed by atoms with Crippen LogP contribution in [0.5, 0.6) is 0 Å². The first-order chi connectivity index (χ1) is 7.18. The van der Waals surface area contributed by atoms with Gasteiger partial charge in [0, 0.05) is 24.0 Å². The minimum Gasteiger partial charge on any atom is -0.389 e. The van der Waals surface area contributed by atoms with Crippen LogP contribution in [0.1, 0.15) is 24.1 Å². The number of thiazole rings is 1. The zero-order valence-electron chi connectivity index (χ0n) is 9.15. The van der Waals surface area contributed by atoms with Crippen molar-refractivity contribution in [2.75, 3.05) is 20.1 Å². The third-order valence-electron chi connectivity index (χ3n) is 3.13. The Morgan fingerprint density at radius 2 is 2.40 bits per heavy atom. The molecule has 2 rings (SSSR count). The fourth-order valence-electron chi connectivity index (χ4n) is 2.14. The molecule has 2 heterocycles. The topological polar surface area (TPSA) is 36.4 Å². The van der Waals surface area contributed by atoms with Crippen LogP contribution in [0.3, 0.4) is 0 Å². The van der Waals surface area contributed by atoms with E-state index in [0.29, 0.717) is 0 Å². The highest BCUT2D eigenvalue weighted by molar-refractivity contribution is 7.09. The number of rotatable bonds is 2. The maximum absolute atomic E-state index is 10.5. The highest BCUT2D eigenvalue weighted by Crippen LogP contribution is 2.27. The van der Waals surface area contributed by atoms with E-state index in [0.717, 1.165) is 38.8 Å². The smallest absolute Gasteiger partial charge is 0.0794 e. The Hall–Kier alpha value is -0.450. The lowest BCUT2D eigenvalue weighted by Gasteiger charge is -2.25. The summed E-state index contributed by atoms with van der Waals surface area (Å²) in [4.78, 5) is 7.55. The van der Waals surface area contributed by atoms with Gasteiger partial charge in [-0.1, -0.05) is 0 Å². The molecule has 0 amide bonds. The van der Waals surface area contributed by atoms with E-state index in [1.165, 1.54) is 4.88 Å². The highest BCUT2D eigenvalue weighted by Gasteiger charge is 2.29. The molecule has 1 aromatic rings. The van der Waals surface area contributed by atoms with Crippen molar-refractivity contribution in [1.29, 1.82) is 0 Å². The molecule has 0 spiro atoms. The molecule has 0 radical (unpaired) electrons. The van der Waals surface area contributed by atoms with Gasteiger partial charge in [-0.05, 0) is 32.9 Å². The zero-order chi connectivity index (χ0) is 10.7. The van der Waals surface area contributed by atoms with Crippen LogP contribution >= 0.6 is 11.3 Å². The SMILES string of the molecule is CN1CCCC(O)(Cc2cncs2)CC1. The first-order valence-corrected chi connectivity index (χ1v) is 6.34. The molecular weight excluding hydrogens is 208 g/mol. The fourth-order valence-corrected chi connectivity index (χ4v) is 2.88. The van der Waals surface area contributed by atoms with Gasteiger partial charge in [0.15, 0.2) is 0 Å². The molecule has 3 nitrogen and oxygen atoms in total. The first kappa shape index (κ1) is 11.0. The van der Waals surface area contributed by atoms with Crippen LogP contribution in [0, 0.1) is 0 Å². The van der Waals surface area contributed by atoms with Crippen molar-refractivity contribution in [2.45, 2.75) is 31.3 Å². The molecule has 15 heavy (non-hydrogen) atoms. The molecule has 0 aliphatic carbocycles. The molecule has 1 aliphatic heterocycles. The van der Waals surface area contributed by atoms with Gasteiger partial charge in [-0.3, -0.25) is 4.98 Å². The molecule has 0 saturated carbocycles. The summed E-state index contributed by atoms with van der Waals surface area (Å²) in [5.41, 5.74) is 1.33. The Labute approximate surface area is 94.8 Å². The van der Waals surface area contributed by atoms with E-state index in [2.05, 4.69) is 16.9 Å².